The van der Waals surface area contributed by atoms with E-state index in [9.17, 15) is 13.6 Å². The Kier molecular flexibility index (Phi) is 2.92. The van der Waals surface area contributed by atoms with Gasteiger partial charge in [0.2, 0.25) is 11.5 Å². The van der Waals surface area contributed by atoms with Gasteiger partial charge in [0.1, 0.15) is 0 Å². The molecule has 0 aromatic carbocycles. The first-order valence-electron chi connectivity index (χ1n) is 4.95. The Morgan fingerprint density at radius 1 is 1.53 bits per heavy atom. The number of hydrogen-bond donors (Lipinski definition) is 2. The third kappa shape index (κ3) is 2.49. The minimum absolute atomic E-state index is 0.153. The lowest BCUT2D eigenvalue weighted by Gasteiger charge is -2.22. The molecule has 1 fully saturated rings. The zero-order valence-corrected chi connectivity index (χ0v) is 8.82. The van der Waals surface area contributed by atoms with Crippen LogP contribution >= 0.6 is 0 Å². The molecule has 17 heavy (non-hydrogen) atoms. The van der Waals surface area contributed by atoms with Gasteiger partial charge >= 0.3 is 0 Å². The molecule has 9 heteroatoms. The van der Waals surface area contributed by atoms with Crippen LogP contribution in [-0.4, -0.2) is 53.2 Å². The highest BCUT2D eigenvalue weighted by Gasteiger charge is 2.36. The summed E-state index contributed by atoms with van der Waals surface area (Å²) in [6.07, 6.45) is 0. The molecule has 7 nitrogen and oxygen atoms in total. The molecule has 0 radical (unpaired) electrons. The van der Waals surface area contributed by atoms with E-state index >= 15 is 0 Å². The molecule has 1 aliphatic heterocycles. The second-order valence-corrected chi connectivity index (χ2v) is 3.76. The lowest BCUT2D eigenvalue weighted by atomic mass is 10.3. The van der Waals surface area contributed by atoms with Crippen molar-refractivity contribution in [1.29, 1.82) is 0 Å². The molecule has 0 bridgehead atoms. The fourth-order valence-electron chi connectivity index (χ4n) is 1.57. The first kappa shape index (κ1) is 11.7. The van der Waals surface area contributed by atoms with E-state index in [0.717, 1.165) is 4.90 Å². The van der Waals surface area contributed by atoms with Crippen molar-refractivity contribution in [2.45, 2.75) is 5.92 Å². The molecule has 0 aliphatic carbocycles. The molecule has 0 saturated carbocycles. The second-order valence-electron chi connectivity index (χ2n) is 3.76. The van der Waals surface area contributed by atoms with Gasteiger partial charge < -0.3 is 16.0 Å². The first-order chi connectivity index (χ1) is 7.99. The third-order valence-electron chi connectivity index (χ3n) is 2.37. The van der Waals surface area contributed by atoms with Gasteiger partial charge in [-0.05, 0) is 10.3 Å². The van der Waals surface area contributed by atoms with Gasteiger partial charge in [-0.15, -0.1) is 0 Å². The van der Waals surface area contributed by atoms with Gasteiger partial charge in [0, 0.05) is 13.1 Å². The maximum absolute atomic E-state index is 13.3. The maximum atomic E-state index is 13.3. The molecule has 1 saturated heterocycles. The number of nitrogens with zero attached hydrogens (tertiary/aromatic N) is 3. The first-order valence-corrected chi connectivity index (χ1v) is 4.95. The number of nitrogens with two attached hydrogens (primary N) is 1. The topological polar surface area (TPSA) is 97.3 Å². The number of nitrogen functional groups attached to an aromatic ring is 1. The minimum Gasteiger partial charge on any atom is -0.379 e. The average Bonchev–Trinajstić information content (AvgIpc) is 2.59. The molecule has 1 aliphatic rings. The highest BCUT2D eigenvalue weighted by molar-refractivity contribution is 5.96. The Bertz CT molecular complexity index is 422. The number of nitrogens with one attached hydrogen (secondary N) is 1. The number of aromatic nitrogens is 2. The van der Waals surface area contributed by atoms with Crippen LogP contribution in [0, 0.1) is 0 Å². The van der Waals surface area contributed by atoms with Gasteiger partial charge in [0.05, 0.1) is 13.1 Å². The number of anilines is 1. The number of carbonyl (C=O) groups is 1. The average molecular weight is 247 g/mol. The number of amides is 1. The fraction of sp³-hybridized carbons (Fsp3) is 0.625. The monoisotopic (exact) mass is 247 g/mol. The van der Waals surface area contributed by atoms with E-state index in [1.807, 2.05) is 0 Å². The van der Waals surface area contributed by atoms with Gasteiger partial charge in [-0.2, -0.15) is 0 Å². The molecule has 1 aromatic rings. The molecule has 94 valence electrons. The summed E-state index contributed by atoms with van der Waals surface area (Å²) >= 11 is 0. The van der Waals surface area contributed by atoms with Crippen molar-refractivity contribution < 1.29 is 18.2 Å². The van der Waals surface area contributed by atoms with Crippen LogP contribution in [-0.2, 0) is 0 Å². The molecular formula is C8H11F2N5O2. The van der Waals surface area contributed by atoms with E-state index in [0.29, 0.717) is 0 Å². The van der Waals surface area contributed by atoms with E-state index < -0.39 is 24.9 Å². The molecule has 0 spiro atoms. The van der Waals surface area contributed by atoms with E-state index in [1.54, 1.807) is 0 Å². The minimum atomic E-state index is -2.97. The van der Waals surface area contributed by atoms with Gasteiger partial charge in [-0.1, -0.05) is 0 Å². The Balaban J connectivity index is 2.16. The van der Waals surface area contributed by atoms with E-state index in [2.05, 4.69) is 20.3 Å². The summed E-state index contributed by atoms with van der Waals surface area (Å²) in [7, 11) is 0. The summed E-state index contributed by atoms with van der Waals surface area (Å²) < 4.78 is 30.8. The van der Waals surface area contributed by atoms with Crippen molar-refractivity contribution in [2.75, 3.05) is 31.9 Å². The second kappa shape index (κ2) is 4.24. The zero-order chi connectivity index (χ0) is 12.5. The van der Waals surface area contributed by atoms with Gasteiger partial charge in [-0.3, -0.25) is 4.79 Å². The van der Waals surface area contributed by atoms with Crippen LogP contribution in [0.2, 0.25) is 0 Å². The van der Waals surface area contributed by atoms with Crippen molar-refractivity contribution in [2.24, 2.45) is 0 Å². The lowest BCUT2D eigenvalue weighted by molar-refractivity contribution is -0.0154. The summed E-state index contributed by atoms with van der Waals surface area (Å²) in [6, 6.07) is 0. The van der Waals surface area contributed by atoms with Gasteiger partial charge in [-0.25, -0.2) is 13.4 Å². The fourth-order valence-corrected chi connectivity index (χ4v) is 1.57. The molecule has 1 aromatic heterocycles. The van der Waals surface area contributed by atoms with E-state index in [1.165, 1.54) is 0 Å². The number of rotatable bonds is 1. The quantitative estimate of drug-likeness (QED) is 0.683. The number of hydrogen-bond acceptors (Lipinski definition) is 6. The van der Waals surface area contributed by atoms with Crippen LogP contribution in [0.3, 0.4) is 0 Å². The molecular weight excluding hydrogens is 236 g/mol. The Labute approximate surface area is 94.9 Å². The van der Waals surface area contributed by atoms with E-state index in [4.69, 9.17) is 5.73 Å². The highest BCUT2D eigenvalue weighted by Crippen LogP contribution is 2.18. The van der Waals surface area contributed by atoms with Crippen LogP contribution in [0.4, 0.5) is 14.6 Å². The number of halogens is 2. The van der Waals surface area contributed by atoms with Crippen LogP contribution in [0.25, 0.3) is 0 Å². The van der Waals surface area contributed by atoms with Gasteiger partial charge in [0.25, 0.3) is 11.8 Å². The zero-order valence-electron chi connectivity index (χ0n) is 8.82. The van der Waals surface area contributed by atoms with Crippen molar-refractivity contribution in [3.05, 3.63) is 5.69 Å². The SMILES string of the molecule is Nc1nonc1C(=O)N1CCNCC(F)(F)C1. The Morgan fingerprint density at radius 3 is 2.94 bits per heavy atom. The number of alkyl halides is 2. The van der Waals surface area contributed by atoms with Crippen LogP contribution in [0.1, 0.15) is 10.5 Å². The Hall–Kier alpha value is -1.77. The standard InChI is InChI=1S/C8H11F2N5O2/c9-8(10)3-12-1-2-15(4-8)7(16)5-6(11)14-17-13-5/h12H,1-4H2,(H2,11,14). The smallest absolute Gasteiger partial charge is 0.280 e. The summed E-state index contributed by atoms with van der Waals surface area (Å²) in [5, 5.41) is 9.08. The summed E-state index contributed by atoms with van der Waals surface area (Å²) in [6.45, 7) is -0.693. The van der Waals surface area contributed by atoms with Crippen LogP contribution < -0.4 is 11.1 Å². The Morgan fingerprint density at radius 2 is 2.29 bits per heavy atom. The highest BCUT2D eigenvalue weighted by atomic mass is 19.3. The normalized spacial score (nSPS) is 20.0. The molecule has 0 atom stereocenters. The largest absolute Gasteiger partial charge is 0.379 e. The molecule has 0 unspecified atom stereocenters. The number of carbonyl (C=O) groups excluding carboxylic acids is 1. The van der Waals surface area contributed by atoms with Crippen molar-refractivity contribution in [3.8, 4) is 0 Å². The van der Waals surface area contributed by atoms with Crippen molar-refractivity contribution in [1.82, 2.24) is 20.5 Å². The summed E-state index contributed by atoms with van der Waals surface area (Å²) in [4.78, 5) is 12.8. The van der Waals surface area contributed by atoms with Gasteiger partial charge in [0.15, 0.2) is 0 Å². The van der Waals surface area contributed by atoms with Crippen molar-refractivity contribution >= 4 is 11.7 Å². The lowest BCUT2D eigenvalue weighted by Crippen LogP contribution is -2.41. The van der Waals surface area contributed by atoms with Crippen molar-refractivity contribution in [3.63, 3.8) is 0 Å². The van der Waals surface area contributed by atoms with Crippen LogP contribution in [0.5, 0.6) is 0 Å². The van der Waals surface area contributed by atoms with E-state index in [-0.39, 0.29) is 24.6 Å². The predicted octanol–water partition coefficient (Wildman–Crippen LogP) is -0.668. The molecule has 1 amide bonds. The molecule has 3 N–H and O–H groups in total. The maximum Gasteiger partial charge on any atom is 0.280 e. The predicted molar refractivity (Wildman–Crippen MR) is 52.4 cm³/mol. The molecule has 2 heterocycles. The molecule has 2 rings (SSSR count). The van der Waals surface area contributed by atoms with Crippen LogP contribution in [0.15, 0.2) is 4.63 Å². The summed E-state index contributed by atoms with van der Waals surface area (Å²) in [5.41, 5.74) is 5.10. The summed E-state index contributed by atoms with van der Waals surface area (Å²) in [5.74, 6) is -3.87. The third-order valence-corrected chi connectivity index (χ3v) is 2.37.